The Bertz CT molecular complexity index is 585. The number of nitrogens with one attached hydrogen (secondary N) is 1. The monoisotopic (exact) mass is 283 g/mol. The molecule has 0 aliphatic heterocycles. The lowest BCUT2D eigenvalue weighted by atomic mass is 10.2. The van der Waals surface area contributed by atoms with E-state index in [0.29, 0.717) is 6.54 Å². The van der Waals surface area contributed by atoms with Gasteiger partial charge in [-0.3, -0.25) is 10.1 Å². The third-order valence-corrected chi connectivity index (χ3v) is 3.68. The van der Waals surface area contributed by atoms with Crippen LogP contribution < -0.4 is 5.32 Å². The number of thiazole rings is 1. The Hall–Kier alpha value is -1.66. The van der Waals surface area contributed by atoms with E-state index in [0.717, 1.165) is 16.3 Å². The number of halogens is 1. The third kappa shape index (κ3) is 2.77. The molecule has 94 valence electrons. The summed E-state index contributed by atoms with van der Waals surface area (Å²) in [6.45, 7) is 2.57. The van der Waals surface area contributed by atoms with E-state index in [1.165, 1.54) is 6.07 Å². The lowest BCUT2D eigenvalue weighted by Crippen LogP contribution is -1.99. The SMILES string of the molecule is Cc1ncsc1CNc1ccc([N+](=O)[O-])c(Cl)c1. The Balaban J connectivity index is 2.09. The predicted molar refractivity (Wildman–Crippen MR) is 72.3 cm³/mol. The summed E-state index contributed by atoms with van der Waals surface area (Å²) in [4.78, 5) is 15.4. The van der Waals surface area contributed by atoms with Crippen molar-refractivity contribution in [2.24, 2.45) is 0 Å². The highest BCUT2D eigenvalue weighted by Crippen LogP contribution is 2.27. The molecule has 0 aliphatic rings. The molecule has 0 bridgehead atoms. The van der Waals surface area contributed by atoms with Crippen LogP contribution in [0.1, 0.15) is 10.6 Å². The molecular formula is C11H10ClN3O2S. The van der Waals surface area contributed by atoms with Gasteiger partial charge in [-0.1, -0.05) is 11.6 Å². The Labute approximate surface area is 113 Å². The van der Waals surface area contributed by atoms with Gasteiger partial charge in [0.2, 0.25) is 0 Å². The molecule has 5 nitrogen and oxygen atoms in total. The first-order valence-corrected chi connectivity index (χ1v) is 6.40. The van der Waals surface area contributed by atoms with E-state index < -0.39 is 4.92 Å². The zero-order valence-corrected chi connectivity index (χ0v) is 11.1. The molecule has 0 radical (unpaired) electrons. The number of nitro benzene ring substituents is 1. The van der Waals surface area contributed by atoms with Crippen LogP contribution >= 0.6 is 22.9 Å². The highest BCUT2D eigenvalue weighted by Gasteiger charge is 2.12. The summed E-state index contributed by atoms with van der Waals surface area (Å²) in [6.07, 6.45) is 0. The number of benzene rings is 1. The summed E-state index contributed by atoms with van der Waals surface area (Å²) in [5, 5.41) is 13.9. The number of hydrogen-bond donors (Lipinski definition) is 1. The van der Waals surface area contributed by atoms with Crippen LogP contribution in [0, 0.1) is 17.0 Å². The van der Waals surface area contributed by atoms with Crippen LogP contribution in [-0.4, -0.2) is 9.91 Å². The van der Waals surface area contributed by atoms with Gasteiger partial charge in [0, 0.05) is 16.6 Å². The maximum absolute atomic E-state index is 10.6. The van der Waals surface area contributed by atoms with E-state index in [-0.39, 0.29) is 10.7 Å². The van der Waals surface area contributed by atoms with Crippen molar-refractivity contribution in [2.75, 3.05) is 5.32 Å². The molecule has 18 heavy (non-hydrogen) atoms. The molecule has 0 atom stereocenters. The quantitative estimate of drug-likeness (QED) is 0.687. The number of nitro groups is 1. The average molecular weight is 284 g/mol. The standard InChI is InChI=1S/C11H10ClN3O2S/c1-7-11(18-6-14-7)5-13-8-2-3-10(15(16)17)9(12)4-8/h2-4,6,13H,5H2,1H3. The number of hydrogen-bond acceptors (Lipinski definition) is 5. The predicted octanol–water partition coefficient (Wildman–Crippen LogP) is 3.63. The molecule has 1 aromatic heterocycles. The van der Waals surface area contributed by atoms with Crippen LogP contribution in [0.5, 0.6) is 0 Å². The van der Waals surface area contributed by atoms with Crippen molar-refractivity contribution in [3.63, 3.8) is 0 Å². The molecule has 0 spiro atoms. The van der Waals surface area contributed by atoms with Crippen molar-refractivity contribution in [3.05, 3.63) is 49.4 Å². The van der Waals surface area contributed by atoms with Gasteiger partial charge in [0.05, 0.1) is 22.7 Å². The average Bonchev–Trinajstić information content (AvgIpc) is 2.72. The molecular weight excluding hydrogens is 274 g/mol. The topological polar surface area (TPSA) is 68.1 Å². The van der Waals surface area contributed by atoms with Gasteiger partial charge in [-0.15, -0.1) is 11.3 Å². The smallest absolute Gasteiger partial charge is 0.288 e. The summed E-state index contributed by atoms with van der Waals surface area (Å²) >= 11 is 7.39. The van der Waals surface area contributed by atoms with Gasteiger partial charge >= 0.3 is 0 Å². The van der Waals surface area contributed by atoms with Crippen LogP contribution in [0.15, 0.2) is 23.7 Å². The first-order valence-electron chi connectivity index (χ1n) is 5.14. The molecule has 1 heterocycles. The summed E-state index contributed by atoms with van der Waals surface area (Å²) in [7, 11) is 0. The lowest BCUT2D eigenvalue weighted by molar-refractivity contribution is -0.384. The normalized spacial score (nSPS) is 10.3. The maximum Gasteiger partial charge on any atom is 0.288 e. The van der Waals surface area contributed by atoms with Gasteiger partial charge in [0.25, 0.3) is 5.69 Å². The van der Waals surface area contributed by atoms with Crippen LogP contribution in [0.2, 0.25) is 5.02 Å². The van der Waals surface area contributed by atoms with Gasteiger partial charge in [0.15, 0.2) is 0 Å². The Morgan fingerprint density at radius 1 is 1.56 bits per heavy atom. The molecule has 7 heteroatoms. The largest absolute Gasteiger partial charge is 0.380 e. The molecule has 0 fully saturated rings. The molecule has 0 saturated carbocycles. The molecule has 0 aliphatic carbocycles. The fraction of sp³-hybridized carbons (Fsp3) is 0.182. The van der Waals surface area contributed by atoms with Gasteiger partial charge in [-0.05, 0) is 19.1 Å². The number of rotatable bonds is 4. The van der Waals surface area contributed by atoms with Crippen LogP contribution in [0.4, 0.5) is 11.4 Å². The highest BCUT2D eigenvalue weighted by molar-refractivity contribution is 7.09. The van der Waals surface area contributed by atoms with Crippen molar-refractivity contribution in [1.29, 1.82) is 0 Å². The molecule has 0 unspecified atom stereocenters. The highest BCUT2D eigenvalue weighted by atomic mass is 35.5. The number of aryl methyl sites for hydroxylation is 1. The van der Waals surface area contributed by atoms with E-state index in [1.807, 2.05) is 6.92 Å². The summed E-state index contributed by atoms with van der Waals surface area (Å²) in [6, 6.07) is 4.58. The Kier molecular flexibility index (Phi) is 3.78. The van der Waals surface area contributed by atoms with Crippen molar-refractivity contribution in [2.45, 2.75) is 13.5 Å². The first-order chi connectivity index (χ1) is 8.58. The zero-order chi connectivity index (χ0) is 13.1. The van der Waals surface area contributed by atoms with Crippen LogP contribution in [-0.2, 0) is 6.54 Å². The first kappa shape index (κ1) is 12.8. The van der Waals surface area contributed by atoms with Crippen molar-refractivity contribution in [3.8, 4) is 0 Å². The maximum atomic E-state index is 10.6. The number of nitrogens with zero attached hydrogens (tertiary/aromatic N) is 2. The van der Waals surface area contributed by atoms with Crippen LogP contribution in [0.3, 0.4) is 0 Å². The van der Waals surface area contributed by atoms with Crippen molar-refractivity contribution < 1.29 is 4.92 Å². The van der Waals surface area contributed by atoms with E-state index in [4.69, 9.17) is 11.6 Å². The van der Waals surface area contributed by atoms with Crippen LogP contribution in [0.25, 0.3) is 0 Å². The second kappa shape index (κ2) is 5.32. The van der Waals surface area contributed by atoms with E-state index >= 15 is 0 Å². The fourth-order valence-corrected chi connectivity index (χ4v) is 2.41. The zero-order valence-electron chi connectivity index (χ0n) is 9.51. The minimum Gasteiger partial charge on any atom is -0.380 e. The minimum atomic E-state index is -0.501. The van der Waals surface area contributed by atoms with E-state index in [2.05, 4.69) is 10.3 Å². The molecule has 2 aromatic rings. The van der Waals surface area contributed by atoms with Crippen molar-refractivity contribution in [1.82, 2.24) is 4.98 Å². The van der Waals surface area contributed by atoms with Gasteiger partial charge in [-0.2, -0.15) is 0 Å². The Morgan fingerprint density at radius 3 is 2.89 bits per heavy atom. The van der Waals surface area contributed by atoms with E-state index in [9.17, 15) is 10.1 Å². The molecule has 2 rings (SSSR count). The van der Waals surface area contributed by atoms with E-state index in [1.54, 1.807) is 29.0 Å². The van der Waals surface area contributed by atoms with Gasteiger partial charge in [0.1, 0.15) is 5.02 Å². The number of aromatic nitrogens is 1. The second-order valence-corrected chi connectivity index (χ2v) is 4.98. The van der Waals surface area contributed by atoms with Gasteiger partial charge in [-0.25, -0.2) is 4.98 Å². The lowest BCUT2D eigenvalue weighted by Gasteiger charge is -2.05. The summed E-state index contributed by atoms with van der Waals surface area (Å²) in [5.41, 5.74) is 3.44. The molecule has 0 amide bonds. The third-order valence-electron chi connectivity index (χ3n) is 2.44. The fourth-order valence-electron chi connectivity index (χ4n) is 1.44. The van der Waals surface area contributed by atoms with Crippen molar-refractivity contribution >= 4 is 34.3 Å². The summed E-state index contributed by atoms with van der Waals surface area (Å²) < 4.78 is 0. The van der Waals surface area contributed by atoms with Gasteiger partial charge < -0.3 is 5.32 Å². The molecule has 1 aromatic carbocycles. The summed E-state index contributed by atoms with van der Waals surface area (Å²) in [5.74, 6) is 0. The molecule has 0 saturated heterocycles. The molecule has 1 N–H and O–H groups in total. The minimum absolute atomic E-state index is 0.0869. The Morgan fingerprint density at radius 2 is 2.33 bits per heavy atom. The second-order valence-electron chi connectivity index (χ2n) is 3.64. The number of anilines is 1.